The highest BCUT2D eigenvalue weighted by atomic mass is 16.4. The SMILES string of the molecule is CCN(Cc1ccccc1)c1nn(-c2ccc(C)cc2)nc1C(=O)O. The predicted molar refractivity (Wildman–Crippen MR) is 96.2 cm³/mol. The summed E-state index contributed by atoms with van der Waals surface area (Å²) in [5, 5.41) is 18.2. The molecule has 128 valence electrons. The topological polar surface area (TPSA) is 71.2 Å². The first-order chi connectivity index (χ1) is 12.1. The summed E-state index contributed by atoms with van der Waals surface area (Å²) in [6, 6.07) is 17.5. The lowest BCUT2D eigenvalue weighted by Crippen LogP contribution is -2.24. The standard InChI is InChI=1S/C19H20N4O2/c1-3-22(13-15-7-5-4-6-8-15)18-17(19(24)25)20-23(21-18)16-11-9-14(2)10-12-16/h4-12H,3,13H2,1-2H3,(H,24,25). The average Bonchev–Trinajstić information content (AvgIpc) is 3.06. The molecule has 25 heavy (non-hydrogen) atoms. The van der Waals surface area contributed by atoms with Gasteiger partial charge in [0, 0.05) is 13.1 Å². The van der Waals surface area contributed by atoms with Crippen LogP contribution in [0.3, 0.4) is 0 Å². The molecule has 3 rings (SSSR count). The number of aromatic nitrogens is 3. The minimum atomic E-state index is -1.08. The van der Waals surface area contributed by atoms with E-state index >= 15 is 0 Å². The molecule has 0 fully saturated rings. The van der Waals surface area contributed by atoms with Crippen LogP contribution in [0.2, 0.25) is 0 Å². The molecule has 2 aromatic carbocycles. The summed E-state index contributed by atoms with van der Waals surface area (Å²) in [5.41, 5.74) is 2.90. The van der Waals surface area contributed by atoms with Gasteiger partial charge in [0.05, 0.1) is 5.69 Å². The van der Waals surface area contributed by atoms with Crippen molar-refractivity contribution in [1.82, 2.24) is 15.0 Å². The molecule has 0 spiro atoms. The number of carboxylic acids is 1. The van der Waals surface area contributed by atoms with Crippen LogP contribution in [-0.4, -0.2) is 32.6 Å². The maximum atomic E-state index is 11.7. The van der Waals surface area contributed by atoms with Crippen molar-refractivity contribution in [2.45, 2.75) is 20.4 Å². The van der Waals surface area contributed by atoms with Crippen LogP contribution in [0, 0.1) is 6.92 Å². The molecule has 0 aliphatic heterocycles. The maximum absolute atomic E-state index is 11.7. The fraction of sp³-hybridized carbons (Fsp3) is 0.211. The molecule has 1 heterocycles. The first kappa shape index (κ1) is 16.7. The van der Waals surface area contributed by atoms with E-state index in [0.29, 0.717) is 18.9 Å². The van der Waals surface area contributed by atoms with Gasteiger partial charge in [-0.1, -0.05) is 48.0 Å². The molecule has 1 N–H and O–H groups in total. The number of rotatable bonds is 6. The number of aromatic carboxylic acids is 1. The Morgan fingerprint density at radius 2 is 1.76 bits per heavy atom. The Labute approximate surface area is 146 Å². The van der Waals surface area contributed by atoms with Gasteiger partial charge in [-0.15, -0.1) is 15.0 Å². The van der Waals surface area contributed by atoms with E-state index in [2.05, 4.69) is 10.2 Å². The fourth-order valence-corrected chi connectivity index (χ4v) is 2.58. The second-order valence-corrected chi connectivity index (χ2v) is 5.80. The van der Waals surface area contributed by atoms with Crippen molar-refractivity contribution in [3.05, 3.63) is 71.4 Å². The van der Waals surface area contributed by atoms with Gasteiger partial charge in [-0.05, 0) is 31.5 Å². The van der Waals surface area contributed by atoms with Crippen molar-refractivity contribution < 1.29 is 9.90 Å². The highest BCUT2D eigenvalue weighted by Gasteiger charge is 2.23. The van der Waals surface area contributed by atoms with Crippen molar-refractivity contribution in [2.24, 2.45) is 0 Å². The molecule has 0 saturated carbocycles. The summed E-state index contributed by atoms with van der Waals surface area (Å²) in [6.07, 6.45) is 0. The highest BCUT2D eigenvalue weighted by molar-refractivity contribution is 5.91. The molecule has 0 unspecified atom stereocenters. The van der Waals surface area contributed by atoms with Crippen LogP contribution in [0.4, 0.5) is 5.82 Å². The number of anilines is 1. The zero-order chi connectivity index (χ0) is 17.8. The molecule has 0 aliphatic carbocycles. The van der Waals surface area contributed by atoms with Gasteiger partial charge >= 0.3 is 5.97 Å². The molecule has 6 nitrogen and oxygen atoms in total. The largest absolute Gasteiger partial charge is 0.476 e. The number of hydrogen-bond donors (Lipinski definition) is 1. The van der Waals surface area contributed by atoms with Gasteiger partial charge in [-0.2, -0.15) is 0 Å². The summed E-state index contributed by atoms with van der Waals surface area (Å²) < 4.78 is 0. The van der Waals surface area contributed by atoms with Crippen LogP contribution in [0.5, 0.6) is 0 Å². The van der Waals surface area contributed by atoms with E-state index in [4.69, 9.17) is 0 Å². The second-order valence-electron chi connectivity index (χ2n) is 5.80. The zero-order valence-electron chi connectivity index (χ0n) is 14.3. The van der Waals surface area contributed by atoms with Gasteiger partial charge < -0.3 is 10.0 Å². The van der Waals surface area contributed by atoms with E-state index in [0.717, 1.165) is 16.8 Å². The Balaban J connectivity index is 1.98. The Morgan fingerprint density at radius 1 is 1.08 bits per heavy atom. The first-order valence-corrected chi connectivity index (χ1v) is 8.15. The Kier molecular flexibility index (Phi) is 4.79. The number of benzene rings is 2. The zero-order valence-corrected chi connectivity index (χ0v) is 14.3. The molecule has 0 atom stereocenters. The molecule has 3 aromatic rings. The number of carbonyl (C=O) groups is 1. The van der Waals surface area contributed by atoms with Gasteiger partial charge in [0.15, 0.2) is 5.82 Å². The van der Waals surface area contributed by atoms with Gasteiger partial charge in [0.25, 0.3) is 0 Å². The fourth-order valence-electron chi connectivity index (χ4n) is 2.58. The normalized spacial score (nSPS) is 10.6. The molecular weight excluding hydrogens is 316 g/mol. The molecule has 0 radical (unpaired) electrons. The number of carboxylic acid groups (broad SMARTS) is 1. The van der Waals surface area contributed by atoms with E-state index in [1.165, 1.54) is 4.80 Å². The maximum Gasteiger partial charge on any atom is 0.360 e. The third-order valence-corrected chi connectivity index (χ3v) is 3.96. The summed E-state index contributed by atoms with van der Waals surface area (Å²) in [5.74, 6) is -0.709. The van der Waals surface area contributed by atoms with Crippen LogP contribution in [-0.2, 0) is 6.54 Å². The van der Waals surface area contributed by atoms with Crippen LogP contribution < -0.4 is 4.90 Å². The van der Waals surface area contributed by atoms with Crippen molar-refractivity contribution in [3.8, 4) is 5.69 Å². The van der Waals surface area contributed by atoms with E-state index in [9.17, 15) is 9.90 Å². The van der Waals surface area contributed by atoms with Gasteiger partial charge in [0.1, 0.15) is 0 Å². The van der Waals surface area contributed by atoms with E-state index in [1.807, 2.05) is 73.3 Å². The van der Waals surface area contributed by atoms with Gasteiger partial charge in [0.2, 0.25) is 5.69 Å². The number of nitrogens with zero attached hydrogens (tertiary/aromatic N) is 4. The first-order valence-electron chi connectivity index (χ1n) is 8.15. The summed E-state index contributed by atoms with van der Waals surface area (Å²) in [4.78, 5) is 14.9. The van der Waals surface area contributed by atoms with Crippen LogP contribution in [0.1, 0.15) is 28.5 Å². The van der Waals surface area contributed by atoms with Crippen molar-refractivity contribution in [1.29, 1.82) is 0 Å². The summed E-state index contributed by atoms with van der Waals surface area (Å²) >= 11 is 0. The van der Waals surface area contributed by atoms with Crippen molar-refractivity contribution in [2.75, 3.05) is 11.4 Å². The van der Waals surface area contributed by atoms with Gasteiger partial charge in [-0.25, -0.2) is 4.79 Å². The molecular formula is C19H20N4O2. The third-order valence-electron chi connectivity index (χ3n) is 3.96. The monoisotopic (exact) mass is 336 g/mol. The third kappa shape index (κ3) is 3.68. The Bertz CT molecular complexity index is 857. The molecule has 0 aliphatic rings. The lowest BCUT2D eigenvalue weighted by Gasteiger charge is -2.20. The smallest absolute Gasteiger partial charge is 0.360 e. The number of hydrogen-bond acceptors (Lipinski definition) is 4. The minimum Gasteiger partial charge on any atom is -0.476 e. The van der Waals surface area contributed by atoms with E-state index < -0.39 is 5.97 Å². The molecule has 0 amide bonds. The lowest BCUT2D eigenvalue weighted by molar-refractivity contribution is 0.0690. The predicted octanol–water partition coefficient (Wildman–Crippen LogP) is 3.30. The van der Waals surface area contributed by atoms with Crippen molar-refractivity contribution >= 4 is 11.8 Å². The van der Waals surface area contributed by atoms with E-state index in [1.54, 1.807) is 0 Å². The number of aryl methyl sites for hydroxylation is 1. The highest BCUT2D eigenvalue weighted by Crippen LogP contribution is 2.20. The van der Waals surface area contributed by atoms with Crippen LogP contribution in [0.25, 0.3) is 5.69 Å². The lowest BCUT2D eigenvalue weighted by atomic mass is 10.2. The molecule has 6 heteroatoms. The molecule has 0 saturated heterocycles. The quantitative estimate of drug-likeness (QED) is 0.748. The summed E-state index contributed by atoms with van der Waals surface area (Å²) in [6.45, 7) is 5.17. The Morgan fingerprint density at radius 3 is 2.36 bits per heavy atom. The minimum absolute atomic E-state index is 0.0432. The van der Waals surface area contributed by atoms with Crippen LogP contribution in [0.15, 0.2) is 54.6 Å². The van der Waals surface area contributed by atoms with Crippen LogP contribution >= 0.6 is 0 Å². The second kappa shape index (κ2) is 7.17. The van der Waals surface area contributed by atoms with Gasteiger partial charge in [-0.3, -0.25) is 0 Å². The van der Waals surface area contributed by atoms with Crippen molar-refractivity contribution in [3.63, 3.8) is 0 Å². The molecule has 1 aromatic heterocycles. The molecule has 0 bridgehead atoms. The average molecular weight is 336 g/mol. The van der Waals surface area contributed by atoms with E-state index in [-0.39, 0.29) is 5.69 Å². The Hall–Kier alpha value is -3.15. The summed E-state index contributed by atoms with van der Waals surface area (Å²) in [7, 11) is 0.